The highest BCUT2D eigenvalue weighted by molar-refractivity contribution is 5.95. The van der Waals surface area contributed by atoms with Gasteiger partial charge in [0.05, 0.1) is 12.1 Å². The highest BCUT2D eigenvalue weighted by Crippen LogP contribution is 2.50. The van der Waals surface area contributed by atoms with Crippen molar-refractivity contribution in [1.29, 1.82) is 5.41 Å². The lowest BCUT2D eigenvalue weighted by Crippen LogP contribution is -2.37. The van der Waals surface area contributed by atoms with Crippen LogP contribution in [0.4, 0.5) is 8.78 Å². The molecule has 11 nitrogen and oxygen atoms in total. The fourth-order valence-electron chi connectivity index (χ4n) is 6.18. The van der Waals surface area contributed by atoms with Crippen molar-refractivity contribution >= 4 is 18.0 Å². The zero-order chi connectivity index (χ0) is 30.4. The van der Waals surface area contributed by atoms with Gasteiger partial charge in [0.1, 0.15) is 29.6 Å². The Hall–Kier alpha value is -4.78. The van der Waals surface area contributed by atoms with E-state index in [9.17, 15) is 19.4 Å². The van der Waals surface area contributed by atoms with Crippen LogP contribution in [0.25, 0.3) is 0 Å². The summed E-state index contributed by atoms with van der Waals surface area (Å²) in [5.74, 6) is -5.54. The lowest BCUT2D eigenvalue weighted by Gasteiger charge is -2.29. The van der Waals surface area contributed by atoms with Gasteiger partial charge in [0.25, 0.3) is 5.88 Å². The Morgan fingerprint density at radius 3 is 2.63 bits per heavy atom. The number of aromatic hydroxyl groups is 1. The molecule has 1 aliphatic heterocycles. The Labute approximate surface area is 245 Å². The highest BCUT2D eigenvalue weighted by Gasteiger charge is 2.52. The van der Waals surface area contributed by atoms with Crippen molar-refractivity contribution in [1.82, 2.24) is 9.88 Å². The van der Waals surface area contributed by atoms with Crippen molar-refractivity contribution < 1.29 is 38.0 Å². The summed E-state index contributed by atoms with van der Waals surface area (Å²) < 4.78 is 48.0. The number of halogens is 2. The smallest absolute Gasteiger partial charge is 0.310 e. The Balaban J connectivity index is 1.32. The predicted molar refractivity (Wildman–Crippen MR) is 150 cm³/mol. The topological polar surface area (TPSA) is 164 Å². The van der Waals surface area contributed by atoms with Crippen molar-refractivity contribution in [3.63, 3.8) is 0 Å². The number of carbonyl (C=O) groups is 1. The number of amidine groups is 1. The summed E-state index contributed by atoms with van der Waals surface area (Å²) >= 11 is 0. The molecular formula is C30H29F2N5O6. The molecule has 6 rings (SSSR count). The standard InChI is InChI=1S/C30H29F2N5O6/c1-37-9-8-35-28(37)18-12-17(41-25-15-3-2-14(10-15)23(25)30(39)40)5-7-21(18)42-26-19(31)13-36-29(24(26)32)43-22-11-16(27(33)34)4-6-20(22)38/h4-8,11-15,23,25,28,38H,2-3,9-10H2,1H3,(H3,33,34)(H,39,40). The quantitative estimate of drug-likeness (QED) is 0.201. The number of rotatable bonds is 9. The third kappa shape index (κ3) is 5.31. The molecule has 2 bridgehead atoms. The number of benzene rings is 2. The number of pyridine rings is 1. The first-order chi connectivity index (χ1) is 20.6. The van der Waals surface area contributed by atoms with Crippen LogP contribution in [0.15, 0.2) is 47.6 Å². The van der Waals surface area contributed by atoms with E-state index in [0.717, 1.165) is 25.5 Å². The average Bonchev–Trinajstić information content (AvgIpc) is 3.70. The van der Waals surface area contributed by atoms with Gasteiger partial charge in [-0.05, 0) is 74.5 Å². The number of nitrogens with one attached hydrogen (secondary N) is 1. The Kier molecular flexibility index (Phi) is 7.34. The fourth-order valence-corrected chi connectivity index (χ4v) is 6.18. The molecule has 3 aromatic rings. The van der Waals surface area contributed by atoms with Gasteiger partial charge in [-0.2, -0.15) is 4.39 Å². The van der Waals surface area contributed by atoms with Crippen LogP contribution in [0.2, 0.25) is 0 Å². The first kappa shape index (κ1) is 28.3. The third-order valence-electron chi connectivity index (χ3n) is 8.28. The van der Waals surface area contributed by atoms with E-state index in [2.05, 4.69) is 9.98 Å². The van der Waals surface area contributed by atoms with Gasteiger partial charge in [-0.25, -0.2) is 9.37 Å². The third-order valence-corrected chi connectivity index (χ3v) is 8.28. The van der Waals surface area contributed by atoms with Crippen molar-refractivity contribution in [2.24, 2.45) is 28.5 Å². The van der Waals surface area contributed by atoms with Crippen molar-refractivity contribution in [2.45, 2.75) is 31.5 Å². The molecule has 0 saturated heterocycles. The number of carboxylic acid groups (broad SMARTS) is 1. The summed E-state index contributed by atoms with van der Waals surface area (Å²) in [5, 5.41) is 27.6. The number of hydrogen-bond donors (Lipinski definition) is 4. The number of nitrogens with zero attached hydrogens (tertiary/aromatic N) is 3. The summed E-state index contributed by atoms with van der Waals surface area (Å²) in [6, 6.07) is 8.54. The summed E-state index contributed by atoms with van der Waals surface area (Å²) in [6.45, 7) is 0.529. The number of aliphatic carboxylic acids is 1. The Bertz CT molecular complexity index is 1630. The molecule has 2 fully saturated rings. The van der Waals surface area contributed by atoms with E-state index in [0.29, 0.717) is 17.9 Å². The van der Waals surface area contributed by atoms with Crippen LogP contribution in [-0.4, -0.2) is 57.8 Å². The lowest BCUT2D eigenvalue weighted by atomic mass is 9.86. The van der Waals surface area contributed by atoms with Gasteiger partial charge in [-0.3, -0.25) is 20.1 Å². The van der Waals surface area contributed by atoms with Crippen LogP contribution in [0, 0.1) is 34.8 Å². The molecule has 2 saturated carbocycles. The second kappa shape index (κ2) is 11.1. The molecule has 43 heavy (non-hydrogen) atoms. The maximum Gasteiger partial charge on any atom is 0.310 e. The SMILES string of the molecule is CN1CC=NC1c1cc(OC2C3CCC(C3)C2C(=O)O)ccc1Oc1c(F)cnc(Oc2cc(C(=N)N)ccc2O)c1F. The van der Waals surface area contributed by atoms with Gasteiger partial charge in [0.2, 0.25) is 11.6 Å². The molecule has 1 aromatic heterocycles. The number of carboxylic acids is 1. The van der Waals surface area contributed by atoms with Crippen LogP contribution >= 0.6 is 0 Å². The van der Waals surface area contributed by atoms with Gasteiger partial charge < -0.3 is 30.2 Å². The second-order valence-corrected chi connectivity index (χ2v) is 11.0. The largest absolute Gasteiger partial charge is 0.504 e. The minimum absolute atomic E-state index is 0.0843. The molecule has 5 N–H and O–H groups in total. The predicted octanol–water partition coefficient (Wildman–Crippen LogP) is 4.83. The van der Waals surface area contributed by atoms with E-state index in [1.165, 1.54) is 24.3 Å². The highest BCUT2D eigenvalue weighted by atomic mass is 19.1. The zero-order valence-corrected chi connectivity index (χ0v) is 23.0. The van der Waals surface area contributed by atoms with Crippen molar-refractivity contribution in [2.75, 3.05) is 13.6 Å². The summed E-state index contributed by atoms with van der Waals surface area (Å²) in [4.78, 5) is 22.0. The molecule has 224 valence electrons. The zero-order valence-electron chi connectivity index (χ0n) is 23.0. The van der Waals surface area contributed by atoms with Crippen LogP contribution in [0.3, 0.4) is 0 Å². The van der Waals surface area contributed by atoms with E-state index in [4.69, 9.17) is 25.4 Å². The molecule has 2 aromatic carbocycles. The number of nitrogens with two attached hydrogens (primary N) is 1. The number of aromatic nitrogens is 1. The van der Waals surface area contributed by atoms with Crippen LogP contribution in [0.1, 0.15) is 36.6 Å². The van der Waals surface area contributed by atoms with Crippen molar-refractivity contribution in [3.05, 3.63) is 65.4 Å². The number of phenolic OH excluding ortho intramolecular Hbond substituents is 1. The van der Waals surface area contributed by atoms with E-state index in [1.807, 2.05) is 11.9 Å². The summed E-state index contributed by atoms with van der Waals surface area (Å²) in [5.41, 5.74) is 6.15. The molecule has 5 unspecified atom stereocenters. The van der Waals surface area contributed by atoms with Gasteiger partial charge in [0, 0.05) is 23.9 Å². The van der Waals surface area contributed by atoms with Crippen LogP contribution in [0.5, 0.6) is 34.6 Å². The number of nitrogen functional groups attached to an aromatic ring is 1. The minimum Gasteiger partial charge on any atom is -0.504 e. The molecule has 0 spiro atoms. The Morgan fingerprint density at radius 1 is 1.12 bits per heavy atom. The molecule has 13 heteroatoms. The molecule has 0 radical (unpaired) electrons. The minimum atomic E-state index is -1.27. The number of aliphatic imine (C=N–C) groups is 1. The molecule has 2 heterocycles. The maximum atomic E-state index is 15.6. The first-order valence-electron chi connectivity index (χ1n) is 13.7. The monoisotopic (exact) mass is 593 g/mol. The van der Waals surface area contributed by atoms with Crippen molar-refractivity contribution in [3.8, 4) is 34.6 Å². The maximum absolute atomic E-state index is 15.6. The fraction of sp³-hybridized carbons (Fsp3) is 0.333. The van der Waals surface area contributed by atoms with Gasteiger partial charge in [-0.15, -0.1) is 0 Å². The Morgan fingerprint density at radius 2 is 1.91 bits per heavy atom. The summed E-state index contributed by atoms with van der Waals surface area (Å²) in [6.07, 6.45) is 3.99. The molecule has 3 aliphatic rings. The number of phenols is 1. The normalized spacial score (nSPS) is 24.3. The molecular weight excluding hydrogens is 564 g/mol. The van der Waals surface area contributed by atoms with E-state index < -0.39 is 47.4 Å². The second-order valence-electron chi connectivity index (χ2n) is 11.0. The van der Waals surface area contributed by atoms with Crippen LogP contribution in [-0.2, 0) is 4.79 Å². The molecule has 0 amide bonds. The number of ether oxygens (including phenoxy) is 3. The van der Waals surface area contributed by atoms with Crippen LogP contribution < -0.4 is 19.9 Å². The van der Waals surface area contributed by atoms with Gasteiger partial charge in [0.15, 0.2) is 17.3 Å². The average molecular weight is 594 g/mol. The number of fused-ring (bicyclic) bond motifs is 2. The first-order valence-corrected chi connectivity index (χ1v) is 13.7. The molecule has 2 aliphatic carbocycles. The van der Waals surface area contributed by atoms with Gasteiger partial charge in [-0.1, -0.05) is 0 Å². The summed E-state index contributed by atoms with van der Waals surface area (Å²) in [7, 11) is 1.83. The number of hydrogen-bond acceptors (Lipinski definition) is 9. The lowest BCUT2D eigenvalue weighted by molar-refractivity contribution is -0.147. The van der Waals surface area contributed by atoms with E-state index in [-0.39, 0.29) is 40.5 Å². The van der Waals surface area contributed by atoms with E-state index in [1.54, 1.807) is 18.3 Å². The molecule has 5 atom stereocenters. The van der Waals surface area contributed by atoms with Gasteiger partial charge >= 0.3 is 5.97 Å². The van der Waals surface area contributed by atoms with E-state index >= 15 is 4.39 Å².